The first-order chi connectivity index (χ1) is 8.64. The molecule has 0 radical (unpaired) electrons. The van der Waals surface area contributed by atoms with E-state index >= 15 is 0 Å². The smallest absolute Gasteiger partial charge is 0.249 e. The minimum Gasteiger partial charge on any atom is -0.340 e. The summed E-state index contributed by atoms with van der Waals surface area (Å²) >= 11 is 0. The summed E-state index contributed by atoms with van der Waals surface area (Å²) in [6.45, 7) is 4.73. The van der Waals surface area contributed by atoms with Crippen LogP contribution in [0.4, 0.5) is 0 Å². The van der Waals surface area contributed by atoms with E-state index in [2.05, 4.69) is 12.2 Å². The van der Waals surface area contributed by atoms with Gasteiger partial charge in [-0.2, -0.15) is 0 Å². The monoisotopic (exact) mass is 252 g/mol. The van der Waals surface area contributed by atoms with Gasteiger partial charge in [-0.3, -0.25) is 9.59 Å². The Morgan fingerprint density at radius 1 is 1.22 bits per heavy atom. The maximum atomic E-state index is 12.7. The number of hydrogen-bond acceptors (Lipinski definition) is 2. The summed E-state index contributed by atoms with van der Waals surface area (Å²) in [5, 5.41) is 3.04. The van der Waals surface area contributed by atoms with Crippen molar-refractivity contribution in [2.45, 2.75) is 70.4 Å². The number of carbonyl (C=O) groups is 2. The molecule has 0 aromatic heterocycles. The summed E-state index contributed by atoms with van der Waals surface area (Å²) in [6.07, 6.45) is 6.50. The molecule has 1 aliphatic carbocycles. The highest BCUT2D eigenvalue weighted by Gasteiger charge is 2.50. The van der Waals surface area contributed by atoms with Gasteiger partial charge in [-0.05, 0) is 25.7 Å². The molecule has 2 fully saturated rings. The minimum atomic E-state index is -0.573. The first kappa shape index (κ1) is 13.4. The van der Waals surface area contributed by atoms with Crippen LogP contribution in [-0.4, -0.2) is 34.8 Å². The summed E-state index contributed by atoms with van der Waals surface area (Å²) < 4.78 is 0. The molecule has 4 heteroatoms. The molecule has 2 rings (SSSR count). The summed E-state index contributed by atoms with van der Waals surface area (Å²) in [5.74, 6) is 0.211. The highest BCUT2D eigenvalue weighted by Crippen LogP contribution is 2.33. The van der Waals surface area contributed by atoms with E-state index in [0.29, 0.717) is 13.0 Å². The zero-order valence-corrected chi connectivity index (χ0v) is 11.5. The van der Waals surface area contributed by atoms with E-state index in [9.17, 15) is 9.59 Å². The Balaban J connectivity index is 2.25. The zero-order chi connectivity index (χ0) is 13.2. The number of piperazine rings is 1. The number of carbonyl (C=O) groups excluding carboxylic acids is 2. The maximum Gasteiger partial charge on any atom is 0.249 e. The summed E-state index contributed by atoms with van der Waals surface area (Å²) in [4.78, 5) is 26.8. The lowest BCUT2D eigenvalue weighted by atomic mass is 9.78. The van der Waals surface area contributed by atoms with Crippen LogP contribution in [-0.2, 0) is 9.59 Å². The van der Waals surface area contributed by atoms with Crippen LogP contribution in [0.25, 0.3) is 0 Å². The molecule has 18 heavy (non-hydrogen) atoms. The van der Waals surface area contributed by atoms with Gasteiger partial charge >= 0.3 is 0 Å². The fourth-order valence-electron chi connectivity index (χ4n) is 3.33. The van der Waals surface area contributed by atoms with Crippen molar-refractivity contribution in [3.05, 3.63) is 0 Å². The van der Waals surface area contributed by atoms with Crippen LogP contribution in [0.2, 0.25) is 0 Å². The zero-order valence-electron chi connectivity index (χ0n) is 11.5. The van der Waals surface area contributed by atoms with Crippen molar-refractivity contribution >= 4 is 11.8 Å². The lowest BCUT2D eigenvalue weighted by molar-refractivity contribution is -0.156. The van der Waals surface area contributed by atoms with Crippen molar-refractivity contribution in [1.82, 2.24) is 10.2 Å². The molecule has 1 atom stereocenters. The molecule has 1 heterocycles. The topological polar surface area (TPSA) is 49.4 Å². The largest absolute Gasteiger partial charge is 0.340 e. The second-order valence-corrected chi connectivity index (χ2v) is 5.55. The fraction of sp³-hybridized carbons (Fsp3) is 0.857. The number of hydrogen-bond donors (Lipinski definition) is 1. The Morgan fingerprint density at radius 3 is 2.44 bits per heavy atom. The molecule has 2 aliphatic rings. The van der Waals surface area contributed by atoms with Gasteiger partial charge in [0, 0.05) is 6.54 Å². The van der Waals surface area contributed by atoms with E-state index in [0.717, 1.165) is 32.1 Å². The van der Waals surface area contributed by atoms with Crippen LogP contribution in [0.15, 0.2) is 0 Å². The van der Waals surface area contributed by atoms with Gasteiger partial charge in [0.2, 0.25) is 11.8 Å². The highest BCUT2D eigenvalue weighted by atomic mass is 16.2. The molecular formula is C14H24N2O2. The average Bonchev–Trinajstić information content (AvgIpc) is 2.37. The minimum absolute atomic E-state index is 0.0486. The number of amides is 2. The van der Waals surface area contributed by atoms with E-state index in [-0.39, 0.29) is 17.9 Å². The van der Waals surface area contributed by atoms with Gasteiger partial charge in [0.25, 0.3) is 0 Å². The predicted molar refractivity (Wildman–Crippen MR) is 70.0 cm³/mol. The SMILES string of the molecule is CCCN1C(=O)C2(CCCCC2)NC(=O)C1CC. The van der Waals surface area contributed by atoms with Gasteiger partial charge < -0.3 is 10.2 Å². The first-order valence-electron chi connectivity index (χ1n) is 7.27. The molecule has 4 nitrogen and oxygen atoms in total. The third-order valence-corrected chi connectivity index (χ3v) is 4.27. The highest BCUT2D eigenvalue weighted by molar-refractivity contribution is 5.99. The van der Waals surface area contributed by atoms with Gasteiger partial charge in [0.05, 0.1) is 0 Å². The van der Waals surface area contributed by atoms with E-state index < -0.39 is 5.54 Å². The third-order valence-electron chi connectivity index (χ3n) is 4.27. The van der Waals surface area contributed by atoms with Crippen LogP contribution < -0.4 is 5.32 Å². The van der Waals surface area contributed by atoms with Crippen LogP contribution in [0.3, 0.4) is 0 Å². The molecule has 1 saturated heterocycles. The molecule has 1 saturated carbocycles. The van der Waals surface area contributed by atoms with Crippen molar-refractivity contribution in [3.63, 3.8) is 0 Å². The molecular weight excluding hydrogens is 228 g/mol. The van der Waals surface area contributed by atoms with E-state index in [4.69, 9.17) is 0 Å². The Kier molecular flexibility index (Phi) is 3.93. The van der Waals surface area contributed by atoms with Gasteiger partial charge in [0.1, 0.15) is 11.6 Å². The molecule has 0 aromatic carbocycles. The van der Waals surface area contributed by atoms with Crippen LogP contribution in [0.1, 0.15) is 58.8 Å². The normalized spacial score (nSPS) is 27.4. The predicted octanol–water partition coefficient (Wildman–Crippen LogP) is 1.84. The van der Waals surface area contributed by atoms with Crippen LogP contribution in [0, 0.1) is 0 Å². The van der Waals surface area contributed by atoms with Crippen molar-refractivity contribution in [1.29, 1.82) is 0 Å². The molecule has 1 N–H and O–H groups in total. The standard InChI is InChI=1S/C14H24N2O2/c1-3-10-16-11(4-2)12(17)15-14(13(16)18)8-6-5-7-9-14/h11H,3-10H2,1-2H3,(H,15,17). The molecule has 2 amide bonds. The fourth-order valence-corrected chi connectivity index (χ4v) is 3.33. The van der Waals surface area contributed by atoms with Gasteiger partial charge in [0.15, 0.2) is 0 Å². The number of nitrogens with zero attached hydrogens (tertiary/aromatic N) is 1. The molecule has 0 bridgehead atoms. The molecule has 102 valence electrons. The second kappa shape index (κ2) is 5.29. The van der Waals surface area contributed by atoms with Gasteiger partial charge in [-0.15, -0.1) is 0 Å². The Bertz CT molecular complexity index is 335. The van der Waals surface area contributed by atoms with E-state index in [1.54, 1.807) is 0 Å². The van der Waals surface area contributed by atoms with Gasteiger partial charge in [-0.1, -0.05) is 33.1 Å². The molecule has 1 unspecified atom stereocenters. The third kappa shape index (κ3) is 2.13. The quantitative estimate of drug-likeness (QED) is 0.833. The van der Waals surface area contributed by atoms with Crippen LogP contribution >= 0.6 is 0 Å². The van der Waals surface area contributed by atoms with Crippen molar-refractivity contribution in [3.8, 4) is 0 Å². The molecule has 0 aromatic rings. The lowest BCUT2D eigenvalue weighted by Gasteiger charge is -2.47. The summed E-state index contributed by atoms with van der Waals surface area (Å²) in [7, 11) is 0. The van der Waals surface area contributed by atoms with Crippen molar-refractivity contribution < 1.29 is 9.59 Å². The number of rotatable bonds is 3. The summed E-state index contributed by atoms with van der Waals surface area (Å²) in [5.41, 5.74) is -0.573. The molecule has 1 spiro atoms. The number of nitrogens with one attached hydrogen (secondary N) is 1. The Morgan fingerprint density at radius 2 is 1.89 bits per heavy atom. The first-order valence-corrected chi connectivity index (χ1v) is 7.27. The van der Waals surface area contributed by atoms with Gasteiger partial charge in [-0.25, -0.2) is 0 Å². The molecule has 1 aliphatic heterocycles. The Hall–Kier alpha value is -1.06. The maximum absolute atomic E-state index is 12.7. The lowest BCUT2D eigenvalue weighted by Crippen LogP contribution is -2.70. The van der Waals surface area contributed by atoms with Crippen molar-refractivity contribution in [2.75, 3.05) is 6.54 Å². The van der Waals surface area contributed by atoms with Crippen LogP contribution in [0.5, 0.6) is 0 Å². The summed E-state index contributed by atoms with van der Waals surface area (Å²) in [6, 6.07) is -0.259. The average molecular weight is 252 g/mol. The second-order valence-electron chi connectivity index (χ2n) is 5.55. The van der Waals surface area contributed by atoms with E-state index in [1.807, 2.05) is 11.8 Å². The van der Waals surface area contributed by atoms with E-state index in [1.165, 1.54) is 6.42 Å². The van der Waals surface area contributed by atoms with Crippen molar-refractivity contribution in [2.24, 2.45) is 0 Å². The Labute approximate surface area is 109 Å².